The lowest BCUT2D eigenvalue weighted by Gasteiger charge is -2.59. The van der Waals surface area contributed by atoms with Gasteiger partial charge in [-0.3, -0.25) is 10.2 Å². The van der Waals surface area contributed by atoms with Crippen LogP contribution in [-0.2, 0) is 11.7 Å². The Balaban J connectivity index is 1.39. The van der Waals surface area contributed by atoms with Crippen LogP contribution in [-0.4, -0.2) is 34.9 Å². The van der Waals surface area contributed by atoms with Crippen molar-refractivity contribution in [2.24, 2.45) is 17.8 Å². The van der Waals surface area contributed by atoms with Gasteiger partial charge in [-0.05, 0) is 74.5 Å². The Hall–Kier alpha value is -0.820. The van der Waals surface area contributed by atoms with Gasteiger partial charge in [-0.15, -0.1) is 0 Å². The summed E-state index contributed by atoms with van der Waals surface area (Å²) in [6.07, 6.45) is 0.589. The van der Waals surface area contributed by atoms with Crippen LogP contribution in [0.25, 0.3) is 0 Å². The molecule has 5 aliphatic rings. The lowest BCUT2D eigenvalue weighted by atomic mass is 9.52. The fourth-order valence-corrected chi connectivity index (χ4v) is 7.06. The Morgan fingerprint density at radius 2 is 1.86 bits per heavy atom. The number of rotatable bonds is 2. The first-order valence-electron chi connectivity index (χ1n) is 10.2. The van der Waals surface area contributed by atoms with E-state index in [0.29, 0.717) is 42.6 Å². The van der Waals surface area contributed by atoms with Crippen LogP contribution in [0.15, 0.2) is 18.2 Å². The van der Waals surface area contributed by atoms with Crippen LogP contribution in [0, 0.1) is 17.8 Å². The van der Waals surface area contributed by atoms with Crippen molar-refractivity contribution in [2.45, 2.75) is 62.4 Å². The molecule has 3 nitrogen and oxygen atoms in total. The highest BCUT2D eigenvalue weighted by Gasteiger charge is 2.57. The summed E-state index contributed by atoms with van der Waals surface area (Å²) in [6.45, 7) is 3.31. The average molecular weight is 415 g/mol. The fourth-order valence-electron chi connectivity index (χ4n) is 6.83. The second kappa shape index (κ2) is 6.10. The molecule has 4 aliphatic carbocycles. The summed E-state index contributed by atoms with van der Waals surface area (Å²) in [6, 6.07) is 4.67. The third kappa shape index (κ3) is 2.99. The normalized spacial score (nSPS) is 43.1. The number of benzene rings is 1. The number of nitrogens with zero attached hydrogens (tertiary/aromatic N) is 1. The number of alkyl halides is 3. The van der Waals surface area contributed by atoms with Crippen LogP contribution in [0.1, 0.15) is 50.2 Å². The molecule has 0 amide bonds. The number of aliphatic hydroxyl groups is 1. The van der Waals surface area contributed by atoms with Crippen molar-refractivity contribution in [3.8, 4) is 0 Å². The van der Waals surface area contributed by atoms with Gasteiger partial charge in [-0.1, -0.05) is 17.7 Å². The monoisotopic (exact) mass is 414 g/mol. The highest BCUT2D eigenvalue weighted by molar-refractivity contribution is 6.31. The summed E-state index contributed by atoms with van der Waals surface area (Å²) in [4.78, 5) is 2.42. The summed E-state index contributed by atoms with van der Waals surface area (Å²) in [7, 11) is 0. The molecule has 1 heterocycles. The van der Waals surface area contributed by atoms with Gasteiger partial charge in [0.25, 0.3) is 0 Å². The van der Waals surface area contributed by atoms with E-state index in [1.165, 1.54) is 25.0 Å². The average Bonchev–Trinajstić information content (AvgIpc) is 2.95. The van der Waals surface area contributed by atoms with E-state index in [2.05, 4.69) is 10.2 Å². The topological polar surface area (TPSA) is 35.5 Å². The van der Waals surface area contributed by atoms with Crippen LogP contribution in [0.4, 0.5) is 13.2 Å². The minimum Gasteiger partial charge on any atom is -0.390 e. The lowest BCUT2D eigenvalue weighted by Crippen LogP contribution is -2.61. The molecule has 6 rings (SSSR count). The Kier molecular flexibility index (Phi) is 4.17. The Bertz CT molecular complexity index is 784. The van der Waals surface area contributed by atoms with Crippen LogP contribution in [0.5, 0.6) is 0 Å². The number of hydrogen-bond donors (Lipinski definition) is 2. The zero-order chi connectivity index (χ0) is 19.9. The zero-order valence-corrected chi connectivity index (χ0v) is 16.7. The molecule has 3 atom stereocenters. The molecule has 154 valence electrons. The van der Waals surface area contributed by atoms with Crippen LogP contribution in [0.2, 0.25) is 5.02 Å². The molecular weight excluding hydrogens is 389 g/mol. The molecule has 2 N–H and O–H groups in total. The van der Waals surface area contributed by atoms with Crippen LogP contribution < -0.4 is 5.32 Å². The highest BCUT2D eigenvalue weighted by atomic mass is 35.5. The molecular formula is C21H26ClF3N2O. The lowest BCUT2D eigenvalue weighted by molar-refractivity contribution is -0.158. The molecule has 5 fully saturated rings. The molecule has 28 heavy (non-hydrogen) atoms. The minimum absolute atomic E-state index is 0.260. The Morgan fingerprint density at radius 3 is 2.46 bits per heavy atom. The molecule has 0 aromatic heterocycles. The van der Waals surface area contributed by atoms with Gasteiger partial charge >= 0.3 is 6.18 Å². The summed E-state index contributed by atoms with van der Waals surface area (Å²) >= 11 is 5.80. The standard InChI is InChI=1S/C21H26ClF3N2O/c1-19(15-2-3-17(22)16(6-15)21(23,24)25)10-27(11-26-19)18-13-4-12-5-14(18)9-20(28,7-12)8-13/h2-3,6,12-14,18,26,28H,4-5,7-11H2,1H3. The Morgan fingerprint density at radius 1 is 1.18 bits per heavy atom. The smallest absolute Gasteiger partial charge is 0.390 e. The third-order valence-electron chi connectivity index (χ3n) is 7.71. The first kappa shape index (κ1) is 19.2. The summed E-state index contributed by atoms with van der Waals surface area (Å²) in [5.41, 5.74) is -1.17. The van der Waals surface area contributed by atoms with Crippen molar-refractivity contribution in [3.63, 3.8) is 0 Å². The van der Waals surface area contributed by atoms with Crippen LogP contribution in [0.3, 0.4) is 0 Å². The fraction of sp³-hybridized carbons (Fsp3) is 0.714. The number of hydrogen-bond acceptors (Lipinski definition) is 3. The minimum atomic E-state index is -4.46. The van der Waals surface area contributed by atoms with Crippen LogP contribution >= 0.6 is 11.6 Å². The summed E-state index contributed by atoms with van der Waals surface area (Å²) in [5.74, 6) is 1.64. The molecule has 4 saturated carbocycles. The largest absolute Gasteiger partial charge is 0.417 e. The second-order valence-corrected chi connectivity index (χ2v) is 10.2. The summed E-state index contributed by atoms with van der Waals surface area (Å²) in [5, 5.41) is 14.0. The van der Waals surface area contributed by atoms with Gasteiger partial charge in [0, 0.05) is 19.3 Å². The van der Waals surface area contributed by atoms with Crippen molar-refractivity contribution < 1.29 is 18.3 Å². The van der Waals surface area contributed by atoms with Gasteiger partial charge in [0.1, 0.15) is 0 Å². The molecule has 0 radical (unpaired) electrons. The van der Waals surface area contributed by atoms with Crippen molar-refractivity contribution in [1.82, 2.24) is 10.2 Å². The predicted molar refractivity (Wildman–Crippen MR) is 101 cm³/mol. The third-order valence-corrected chi connectivity index (χ3v) is 8.04. The molecule has 3 unspecified atom stereocenters. The molecule has 1 aromatic carbocycles. The van der Waals surface area contributed by atoms with E-state index in [1.807, 2.05) is 6.92 Å². The Labute approximate surface area is 168 Å². The van der Waals surface area contributed by atoms with Crippen molar-refractivity contribution in [1.29, 1.82) is 0 Å². The molecule has 1 aromatic rings. The zero-order valence-electron chi connectivity index (χ0n) is 15.9. The summed E-state index contributed by atoms with van der Waals surface area (Å²) < 4.78 is 39.9. The first-order valence-corrected chi connectivity index (χ1v) is 10.5. The van der Waals surface area contributed by atoms with Gasteiger partial charge in [-0.2, -0.15) is 13.2 Å². The van der Waals surface area contributed by atoms with Crippen molar-refractivity contribution in [2.75, 3.05) is 13.2 Å². The molecule has 0 spiro atoms. The quantitative estimate of drug-likeness (QED) is 0.754. The molecule has 1 saturated heterocycles. The number of halogens is 4. The first-order chi connectivity index (χ1) is 13.1. The highest BCUT2D eigenvalue weighted by Crippen LogP contribution is 2.57. The van der Waals surface area contributed by atoms with Crippen molar-refractivity contribution >= 4 is 11.6 Å². The van der Waals surface area contributed by atoms with Gasteiger partial charge in [0.2, 0.25) is 0 Å². The van der Waals surface area contributed by atoms with E-state index in [0.717, 1.165) is 19.3 Å². The molecule has 7 heteroatoms. The maximum atomic E-state index is 13.3. The predicted octanol–water partition coefficient (Wildman–Crippen LogP) is 4.38. The number of nitrogens with one attached hydrogen (secondary N) is 1. The van der Waals surface area contributed by atoms with Gasteiger partial charge in [0.15, 0.2) is 0 Å². The van der Waals surface area contributed by atoms with E-state index in [4.69, 9.17) is 11.6 Å². The van der Waals surface area contributed by atoms with Gasteiger partial charge in [-0.25, -0.2) is 0 Å². The maximum absolute atomic E-state index is 13.3. The van der Waals surface area contributed by atoms with E-state index < -0.39 is 22.9 Å². The van der Waals surface area contributed by atoms with Gasteiger partial charge < -0.3 is 5.11 Å². The van der Waals surface area contributed by atoms with Gasteiger partial charge in [0.05, 0.1) is 21.7 Å². The maximum Gasteiger partial charge on any atom is 0.417 e. The molecule has 1 aliphatic heterocycles. The van der Waals surface area contributed by atoms with E-state index >= 15 is 0 Å². The van der Waals surface area contributed by atoms with E-state index in [-0.39, 0.29) is 5.02 Å². The van der Waals surface area contributed by atoms with Crippen molar-refractivity contribution in [3.05, 3.63) is 34.3 Å². The SMILES string of the molecule is CC1(c2ccc(Cl)c(C(F)(F)F)c2)CN(C2C3CC4CC2CC(O)(C4)C3)CN1. The second-order valence-electron chi connectivity index (χ2n) is 9.79. The molecule has 4 bridgehead atoms. The van der Waals surface area contributed by atoms with E-state index in [1.54, 1.807) is 6.07 Å². The van der Waals surface area contributed by atoms with E-state index in [9.17, 15) is 18.3 Å².